The van der Waals surface area contributed by atoms with Gasteiger partial charge >= 0.3 is 0 Å². The van der Waals surface area contributed by atoms with Crippen LogP contribution in [-0.4, -0.2) is 9.55 Å². The maximum absolute atomic E-state index is 5.89. The number of hydrogen-bond acceptors (Lipinski definition) is 1. The monoisotopic (exact) mass is 292 g/mol. The zero-order valence-electron chi connectivity index (χ0n) is 11.3. The Morgan fingerprint density at radius 1 is 1.10 bits per heavy atom. The maximum atomic E-state index is 5.89. The van der Waals surface area contributed by atoms with E-state index in [9.17, 15) is 0 Å². The Kier molecular flexibility index (Phi) is 3.77. The Hall–Kier alpha value is -2.50. The number of aromatic nitrogens is 2. The van der Waals surface area contributed by atoms with E-state index in [-0.39, 0.29) is 0 Å². The minimum Gasteiger partial charge on any atom is -0.313 e. The molecule has 102 valence electrons. The van der Waals surface area contributed by atoms with Crippen LogP contribution in [0.25, 0.3) is 23.2 Å². The van der Waals surface area contributed by atoms with E-state index in [0.717, 1.165) is 27.4 Å². The maximum Gasteiger partial charge on any atom is 0.134 e. The Morgan fingerprint density at radius 2 is 1.86 bits per heavy atom. The van der Waals surface area contributed by atoms with Crippen LogP contribution in [0.3, 0.4) is 0 Å². The summed E-state index contributed by atoms with van der Waals surface area (Å²) in [6.45, 7) is 0.501. The molecular formula is C18H13ClN2. The largest absolute Gasteiger partial charge is 0.313 e. The molecule has 3 heteroatoms. The third kappa shape index (κ3) is 2.84. The lowest BCUT2D eigenvalue weighted by atomic mass is 10.2. The third-order valence-corrected chi connectivity index (χ3v) is 3.48. The number of imidazole rings is 1. The fourth-order valence-electron chi connectivity index (χ4n) is 2.22. The second-order valence-corrected chi connectivity index (χ2v) is 5.07. The van der Waals surface area contributed by atoms with Gasteiger partial charge < -0.3 is 4.57 Å². The van der Waals surface area contributed by atoms with Crippen molar-refractivity contribution in [2.75, 3.05) is 0 Å². The average molecular weight is 293 g/mol. The highest BCUT2D eigenvalue weighted by molar-refractivity contribution is 6.30. The Bertz CT molecular complexity index is 836. The van der Waals surface area contributed by atoms with Crippen LogP contribution in [0.4, 0.5) is 0 Å². The standard InChI is InChI=1S/C18H13ClN2/c1-2-13-21-17-6-4-3-5-16(17)20-18(21)12-9-14-7-10-15(19)11-8-14/h1,3-12H,13H2. The van der Waals surface area contributed by atoms with E-state index >= 15 is 0 Å². The highest BCUT2D eigenvalue weighted by Gasteiger charge is 2.06. The van der Waals surface area contributed by atoms with Gasteiger partial charge in [-0.25, -0.2) is 4.98 Å². The van der Waals surface area contributed by atoms with Gasteiger partial charge in [0.2, 0.25) is 0 Å². The van der Waals surface area contributed by atoms with Crippen molar-refractivity contribution in [1.29, 1.82) is 0 Å². The van der Waals surface area contributed by atoms with E-state index in [0.29, 0.717) is 6.54 Å². The quantitative estimate of drug-likeness (QED) is 0.650. The molecule has 3 aromatic rings. The van der Waals surface area contributed by atoms with Crippen LogP contribution >= 0.6 is 11.6 Å². The van der Waals surface area contributed by atoms with Crippen LogP contribution < -0.4 is 0 Å². The molecule has 0 amide bonds. The lowest BCUT2D eigenvalue weighted by Crippen LogP contribution is -1.98. The number of fused-ring (bicyclic) bond motifs is 1. The zero-order valence-corrected chi connectivity index (χ0v) is 12.1. The van der Waals surface area contributed by atoms with Crippen LogP contribution in [0.1, 0.15) is 11.4 Å². The summed E-state index contributed by atoms with van der Waals surface area (Å²) in [5, 5.41) is 0.728. The van der Waals surface area contributed by atoms with Crippen LogP contribution in [0.2, 0.25) is 5.02 Å². The van der Waals surface area contributed by atoms with Crippen molar-refractivity contribution < 1.29 is 0 Å². The highest BCUT2D eigenvalue weighted by Crippen LogP contribution is 2.18. The second kappa shape index (κ2) is 5.87. The number of nitrogens with zero attached hydrogens (tertiary/aromatic N) is 2. The first kappa shape index (κ1) is 13.5. The predicted octanol–water partition coefficient (Wildman–Crippen LogP) is 4.49. The summed E-state index contributed by atoms with van der Waals surface area (Å²) in [4.78, 5) is 4.62. The molecular weight excluding hydrogens is 280 g/mol. The summed E-state index contributed by atoms with van der Waals surface area (Å²) in [5.41, 5.74) is 3.06. The Balaban J connectivity index is 2.01. The number of benzene rings is 2. The van der Waals surface area contributed by atoms with E-state index in [1.165, 1.54) is 0 Å². The molecule has 3 rings (SSSR count). The first-order valence-electron chi connectivity index (χ1n) is 6.60. The number of halogens is 1. The smallest absolute Gasteiger partial charge is 0.134 e. The molecule has 2 aromatic carbocycles. The topological polar surface area (TPSA) is 17.8 Å². The molecule has 0 aliphatic carbocycles. The van der Waals surface area contributed by atoms with Gasteiger partial charge in [-0.2, -0.15) is 0 Å². The molecule has 0 saturated heterocycles. The van der Waals surface area contributed by atoms with Crippen LogP contribution in [0.5, 0.6) is 0 Å². The lowest BCUT2D eigenvalue weighted by Gasteiger charge is -2.01. The average Bonchev–Trinajstić information content (AvgIpc) is 2.85. The van der Waals surface area contributed by atoms with Crippen LogP contribution in [0.15, 0.2) is 48.5 Å². The molecule has 2 nitrogen and oxygen atoms in total. The summed E-state index contributed by atoms with van der Waals surface area (Å²) in [6, 6.07) is 15.6. The molecule has 0 aliphatic rings. The fourth-order valence-corrected chi connectivity index (χ4v) is 2.35. The van der Waals surface area contributed by atoms with Crippen molar-refractivity contribution in [3.63, 3.8) is 0 Å². The van der Waals surface area contributed by atoms with Gasteiger partial charge in [-0.3, -0.25) is 0 Å². The van der Waals surface area contributed by atoms with Crippen molar-refractivity contribution in [3.05, 3.63) is 64.9 Å². The second-order valence-electron chi connectivity index (χ2n) is 4.63. The molecule has 0 saturated carbocycles. The first-order chi connectivity index (χ1) is 10.3. The predicted molar refractivity (Wildman–Crippen MR) is 88.9 cm³/mol. The normalized spacial score (nSPS) is 11.0. The SMILES string of the molecule is C#CCn1c(C=Cc2ccc(Cl)cc2)nc2ccccc21. The van der Waals surface area contributed by atoms with Gasteiger partial charge in [0.05, 0.1) is 17.6 Å². The van der Waals surface area contributed by atoms with Crippen molar-refractivity contribution in [3.8, 4) is 12.3 Å². The van der Waals surface area contributed by atoms with Gasteiger partial charge in [0.25, 0.3) is 0 Å². The van der Waals surface area contributed by atoms with Crippen LogP contribution in [0, 0.1) is 12.3 Å². The van der Waals surface area contributed by atoms with Gasteiger partial charge in [0.15, 0.2) is 0 Å². The molecule has 1 heterocycles. The Labute approximate surface area is 128 Å². The highest BCUT2D eigenvalue weighted by atomic mass is 35.5. The zero-order chi connectivity index (χ0) is 14.7. The summed E-state index contributed by atoms with van der Waals surface area (Å²) in [5.74, 6) is 3.53. The van der Waals surface area contributed by atoms with Crippen molar-refractivity contribution in [1.82, 2.24) is 9.55 Å². The van der Waals surface area contributed by atoms with E-state index in [2.05, 4.69) is 10.9 Å². The molecule has 0 atom stereocenters. The molecule has 21 heavy (non-hydrogen) atoms. The lowest BCUT2D eigenvalue weighted by molar-refractivity contribution is 0.858. The molecule has 0 bridgehead atoms. The number of hydrogen-bond donors (Lipinski definition) is 0. The van der Waals surface area contributed by atoms with Gasteiger partial charge in [0, 0.05) is 5.02 Å². The van der Waals surface area contributed by atoms with Crippen LogP contribution in [-0.2, 0) is 6.54 Å². The summed E-state index contributed by atoms with van der Waals surface area (Å²) < 4.78 is 2.03. The van der Waals surface area contributed by atoms with Gasteiger partial charge in [-0.05, 0) is 35.9 Å². The van der Waals surface area contributed by atoms with E-state index in [4.69, 9.17) is 18.0 Å². The van der Waals surface area contributed by atoms with Gasteiger partial charge in [0.1, 0.15) is 5.82 Å². The molecule has 0 fully saturated rings. The molecule has 0 spiro atoms. The molecule has 0 aliphatic heterocycles. The van der Waals surface area contributed by atoms with Crippen molar-refractivity contribution >= 4 is 34.8 Å². The summed E-state index contributed by atoms with van der Waals surface area (Å²) in [7, 11) is 0. The minimum absolute atomic E-state index is 0.501. The number of rotatable bonds is 3. The van der Waals surface area contributed by atoms with Gasteiger partial charge in [-0.1, -0.05) is 47.9 Å². The minimum atomic E-state index is 0.501. The van der Waals surface area contributed by atoms with E-state index in [1.807, 2.05) is 65.3 Å². The number of terminal acetylenes is 1. The third-order valence-electron chi connectivity index (χ3n) is 3.23. The molecule has 1 aromatic heterocycles. The fraction of sp³-hybridized carbons (Fsp3) is 0.0556. The molecule has 0 unspecified atom stereocenters. The number of para-hydroxylation sites is 2. The van der Waals surface area contributed by atoms with E-state index < -0.39 is 0 Å². The molecule has 0 radical (unpaired) electrons. The summed E-state index contributed by atoms with van der Waals surface area (Å²) in [6.07, 6.45) is 9.44. The van der Waals surface area contributed by atoms with Gasteiger partial charge in [-0.15, -0.1) is 6.42 Å². The Morgan fingerprint density at radius 3 is 2.62 bits per heavy atom. The first-order valence-corrected chi connectivity index (χ1v) is 6.98. The van der Waals surface area contributed by atoms with Crippen molar-refractivity contribution in [2.24, 2.45) is 0 Å². The molecule has 0 N–H and O–H groups in total. The van der Waals surface area contributed by atoms with Crippen molar-refractivity contribution in [2.45, 2.75) is 6.54 Å². The summed E-state index contributed by atoms with van der Waals surface area (Å²) >= 11 is 5.89. The van der Waals surface area contributed by atoms with E-state index in [1.54, 1.807) is 0 Å².